The zero-order valence-corrected chi connectivity index (χ0v) is 16.3. The number of hydrogen-bond acceptors (Lipinski definition) is 3. The standard InChI is InChI=1S/C17H9Cl4NO2S/c18-10-5-4-9(14(21)7-10)6-15-16(23)22(17(24)25-15)8-11-12(19)2-1-3-13(11)20/h1-7H,8H2/b15-6+. The molecule has 1 aliphatic rings. The van der Waals surface area contributed by atoms with Gasteiger partial charge in [0.15, 0.2) is 0 Å². The van der Waals surface area contributed by atoms with E-state index < -0.39 is 11.1 Å². The highest BCUT2D eigenvalue weighted by atomic mass is 35.5. The van der Waals surface area contributed by atoms with E-state index >= 15 is 0 Å². The Balaban J connectivity index is 1.89. The first-order valence-corrected chi connectivity index (χ1v) is 9.33. The molecule has 2 amide bonds. The lowest BCUT2D eigenvalue weighted by Crippen LogP contribution is -2.27. The molecule has 3 rings (SSSR count). The molecule has 0 bridgehead atoms. The fraction of sp³-hybridized carbons (Fsp3) is 0.0588. The molecule has 128 valence electrons. The second-order valence-corrected chi connectivity index (χ2v) is 7.79. The van der Waals surface area contributed by atoms with Crippen LogP contribution in [0.1, 0.15) is 11.1 Å². The van der Waals surface area contributed by atoms with Crippen molar-refractivity contribution in [3.8, 4) is 0 Å². The molecule has 8 heteroatoms. The van der Waals surface area contributed by atoms with Gasteiger partial charge in [0.25, 0.3) is 11.1 Å². The van der Waals surface area contributed by atoms with Crippen LogP contribution >= 0.6 is 58.2 Å². The van der Waals surface area contributed by atoms with E-state index in [0.29, 0.717) is 31.2 Å². The highest BCUT2D eigenvalue weighted by Crippen LogP contribution is 2.36. The summed E-state index contributed by atoms with van der Waals surface area (Å²) in [4.78, 5) is 26.2. The Bertz CT molecular complexity index is 893. The molecule has 1 heterocycles. The Kier molecular flexibility index (Phi) is 5.66. The van der Waals surface area contributed by atoms with Gasteiger partial charge in [0.1, 0.15) is 0 Å². The van der Waals surface area contributed by atoms with Crippen LogP contribution in [0.4, 0.5) is 4.79 Å². The third-order valence-corrected chi connectivity index (χ3v) is 5.68. The van der Waals surface area contributed by atoms with E-state index in [0.717, 1.165) is 16.7 Å². The summed E-state index contributed by atoms with van der Waals surface area (Å²) in [6, 6.07) is 9.93. The Labute approximate surface area is 168 Å². The van der Waals surface area contributed by atoms with Crippen molar-refractivity contribution in [3.63, 3.8) is 0 Å². The second-order valence-electron chi connectivity index (χ2n) is 5.13. The summed E-state index contributed by atoms with van der Waals surface area (Å²) in [6.45, 7) is 0.00879. The Morgan fingerprint density at radius 3 is 2.28 bits per heavy atom. The SMILES string of the molecule is O=C1S/C(=C/c2ccc(Cl)cc2Cl)C(=O)N1Cc1c(Cl)cccc1Cl. The van der Waals surface area contributed by atoms with Crippen LogP contribution in [0.3, 0.4) is 0 Å². The predicted molar refractivity (Wildman–Crippen MR) is 104 cm³/mol. The topological polar surface area (TPSA) is 37.4 Å². The van der Waals surface area contributed by atoms with Crippen LogP contribution in [0, 0.1) is 0 Å². The van der Waals surface area contributed by atoms with Crippen LogP contribution in [0.2, 0.25) is 20.1 Å². The predicted octanol–water partition coefficient (Wildman–Crippen LogP) is 6.54. The van der Waals surface area contributed by atoms with Gasteiger partial charge in [-0.05, 0) is 47.7 Å². The van der Waals surface area contributed by atoms with Crippen LogP contribution in [0.5, 0.6) is 0 Å². The first-order valence-electron chi connectivity index (χ1n) is 7.00. The van der Waals surface area contributed by atoms with E-state index in [1.54, 1.807) is 42.5 Å². The Hall–Kier alpha value is -1.17. The number of imide groups is 1. The zero-order chi connectivity index (χ0) is 18.1. The molecular weight excluding hydrogens is 424 g/mol. The molecule has 0 atom stereocenters. The summed E-state index contributed by atoms with van der Waals surface area (Å²) >= 11 is 25.1. The lowest BCUT2D eigenvalue weighted by Gasteiger charge is -2.14. The molecule has 0 spiro atoms. The lowest BCUT2D eigenvalue weighted by atomic mass is 10.2. The van der Waals surface area contributed by atoms with E-state index in [4.69, 9.17) is 46.4 Å². The minimum atomic E-state index is -0.419. The number of rotatable bonds is 3. The number of thioether (sulfide) groups is 1. The molecule has 1 saturated heterocycles. The zero-order valence-electron chi connectivity index (χ0n) is 12.4. The molecule has 2 aromatic carbocycles. The minimum Gasteiger partial charge on any atom is -0.268 e. The number of benzene rings is 2. The molecule has 0 saturated carbocycles. The summed E-state index contributed by atoms with van der Waals surface area (Å²) in [7, 11) is 0. The third kappa shape index (κ3) is 3.99. The molecule has 1 aliphatic heterocycles. The first-order chi connectivity index (χ1) is 11.9. The molecule has 2 aromatic rings. The van der Waals surface area contributed by atoms with Gasteiger partial charge >= 0.3 is 0 Å². The third-order valence-electron chi connectivity index (χ3n) is 3.50. The summed E-state index contributed by atoms with van der Waals surface area (Å²) in [5.74, 6) is -0.419. The van der Waals surface area contributed by atoms with Crippen molar-refractivity contribution in [2.24, 2.45) is 0 Å². The van der Waals surface area contributed by atoms with Gasteiger partial charge in [-0.1, -0.05) is 58.5 Å². The van der Waals surface area contributed by atoms with E-state index in [-0.39, 0.29) is 11.4 Å². The molecule has 0 unspecified atom stereocenters. The normalized spacial score (nSPS) is 16.2. The van der Waals surface area contributed by atoms with Crippen LogP contribution in [0.25, 0.3) is 6.08 Å². The molecular formula is C17H9Cl4NO2S. The number of hydrogen-bond donors (Lipinski definition) is 0. The maximum atomic E-state index is 12.6. The maximum Gasteiger partial charge on any atom is 0.293 e. The van der Waals surface area contributed by atoms with Gasteiger partial charge in [0.05, 0.1) is 11.4 Å². The van der Waals surface area contributed by atoms with Gasteiger partial charge in [-0.3, -0.25) is 14.5 Å². The summed E-state index contributed by atoms with van der Waals surface area (Å²) in [5, 5.41) is 1.29. The number of nitrogens with zero attached hydrogens (tertiary/aromatic N) is 1. The second kappa shape index (κ2) is 7.60. The van der Waals surface area contributed by atoms with E-state index in [9.17, 15) is 9.59 Å². The Morgan fingerprint density at radius 2 is 1.64 bits per heavy atom. The molecule has 0 N–H and O–H groups in total. The van der Waals surface area contributed by atoms with Crippen LogP contribution in [-0.4, -0.2) is 16.0 Å². The molecule has 3 nitrogen and oxygen atoms in total. The minimum absolute atomic E-state index is 0.00879. The van der Waals surface area contributed by atoms with Crippen molar-refractivity contribution < 1.29 is 9.59 Å². The van der Waals surface area contributed by atoms with Gasteiger partial charge in [-0.2, -0.15) is 0 Å². The highest BCUT2D eigenvalue weighted by Gasteiger charge is 2.35. The van der Waals surface area contributed by atoms with Gasteiger partial charge in [-0.15, -0.1) is 0 Å². The number of halogens is 4. The molecule has 25 heavy (non-hydrogen) atoms. The van der Waals surface area contributed by atoms with Gasteiger partial charge in [-0.25, -0.2) is 0 Å². The van der Waals surface area contributed by atoms with Crippen LogP contribution < -0.4 is 0 Å². The number of amides is 2. The van der Waals surface area contributed by atoms with Crippen molar-refractivity contribution >= 4 is 75.4 Å². The first kappa shape index (κ1) is 18.6. The van der Waals surface area contributed by atoms with Crippen molar-refractivity contribution in [3.05, 3.63) is 72.5 Å². The van der Waals surface area contributed by atoms with Crippen molar-refractivity contribution in [2.75, 3.05) is 0 Å². The lowest BCUT2D eigenvalue weighted by molar-refractivity contribution is -0.123. The molecule has 1 fully saturated rings. The van der Waals surface area contributed by atoms with E-state index in [1.165, 1.54) is 0 Å². The Morgan fingerprint density at radius 1 is 0.960 bits per heavy atom. The average Bonchev–Trinajstić information content (AvgIpc) is 2.80. The average molecular weight is 433 g/mol. The summed E-state index contributed by atoms with van der Waals surface area (Å²) < 4.78 is 0. The highest BCUT2D eigenvalue weighted by molar-refractivity contribution is 8.18. The van der Waals surface area contributed by atoms with Crippen molar-refractivity contribution in [1.29, 1.82) is 0 Å². The van der Waals surface area contributed by atoms with Crippen LogP contribution in [-0.2, 0) is 11.3 Å². The van der Waals surface area contributed by atoms with Crippen molar-refractivity contribution in [1.82, 2.24) is 4.90 Å². The maximum absolute atomic E-state index is 12.6. The van der Waals surface area contributed by atoms with Gasteiger partial charge in [0, 0.05) is 25.7 Å². The fourth-order valence-corrected chi connectivity index (χ4v) is 4.05. The number of carbonyl (C=O) groups is 2. The van der Waals surface area contributed by atoms with Gasteiger partial charge in [0.2, 0.25) is 0 Å². The monoisotopic (exact) mass is 431 g/mol. The summed E-state index contributed by atoms with van der Waals surface area (Å²) in [6.07, 6.45) is 1.57. The fourth-order valence-electron chi connectivity index (χ4n) is 2.24. The molecule has 0 aromatic heterocycles. The van der Waals surface area contributed by atoms with Crippen LogP contribution in [0.15, 0.2) is 41.3 Å². The van der Waals surface area contributed by atoms with Crippen molar-refractivity contribution in [2.45, 2.75) is 6.54 Å². The molecule has 0 radical (unpaired) electrons. The summed E-state index contributed by atoms with van der Waals surface area (Å²) in [5.41, 5.74) is 1.13. The smallest absolute Gasteiger partial charge is 0.268 e. The molecule has 0 aliphatic carbocycles. The number of carbonyl (C=O) groups excluding carboxylic acids is 2. The van der Waals surface area contributed by atoms with E-state index in [2.05, 4.69) is 0 Å². The van der Waals surface area contributed by atoms with Gasteiger partial charge < -0.3 is 0 Å². The largest absolute Gasteiger partial charge is 0.293 e. The van der Waals surface area contributed by atoms with E-state index in [1.807, 2.05) is 0 Å². The quantitative estimate of drug-likeness (QED) is 0.517.